The van der Waals surface area contributed by atoms with Crippen LogP contribution in [-0.4, -0.2) is 21.3 Å². The van der Waals surface area contributed by atoms with Crippen LogP contribution >= 0.6 is 0 Å². The summed E-state index contributed by atoms with van der Waals surface area (Å²) in [6, 6.07) is 7.14. The Morgan fingerprint density at radius 3 is 2.54 bits per heavy atom. The lowest BCUT2D eigenvalue weighted by atomic mass is 10.1. The van der Waals surface area contributed by atoms with Crippen molar-refractivity contribution in [1.82, 2.24) is 9.55 Å². The fraction of sp³-hybridized carbons (Fsp3) is 0.176. The lowest BCUT2D eigenvalue weighted by Crippen LogP contribution is -2.21. The first kappa shape index (κ1) is 14.5. The molecule has 4 rings (SSSR count). The first-order valence-electron chi connectivity index (χ1n) is 7.54. The second-order valence-electron chi connectivity index (χ2n) is 5.30. The summed E-state index contributed by atoms with van der Waals surface area (Å²) in [6.07, 6.45) is 5.22. The molecule has 0 aliphatic carbocycles. The van der Waals surface area contributed by atoms with Crippen molar-refractivity contribution in [2.45, 2.75) is 13.0 Å². The van der Waals surface area contributed by atoms with Crippen molar-refractivity contribution in [2.24, 2.45) is 0 Å². The van der Waals surface area contributed by atoms with E-state index in [-0.39, 0.29) is 12.1 Å². The number of aryl methyl sites for hydroxylation is 1. The molecule has 7 nitrogen and oxygen atoms in total. The molecule has 2 N–H and O–H groups in total. The van der Waals surface area contributed by atoms with Gasteiger partial charge in [-0.2, -0.15) is 0 Å². The zero-order valence-corrected chi connectivity index (χ0v) is 12.7. The van der Waals surface area contributed by atoms with Crippen molar-refractivity contribution in [3.8, 4) is 22.8 Å². The largest absolute Gasteiger partial charge is 0.464 e. The van der Waals surface area contributed by atoms with Crippen LogP contribution < -0.4 is 5.49 Å². The summed E-state index contributed by atoms with van der Waals surface area (Å²) in [5, 5.41) is 18.1. The van der Waals surface area contributed by atoms with Gasteiger partial charge in [-0.15, -0.1) is 0 Å². The summed E-state index contributed by atoms with van der Waals surface area (Å²) in [5.41, 5.74) is 1.24. The Kier molecular flexibility index (Phi) is 3.55. The molecule has 7 heteroatoms. The summed E-state index contributed by atoms with van der Waals surface area (Å²) in [7, 11) is 0. The molecule has 0 unspecified atom stereocenters. The maximum atomic E-state index is 9.02. The molecule has 122 valence electrons. The van der Waals surface area contributed by atoms with Gasteiger partial charge in [0, 0.05) is 13.2 Å². The van der Waals surface area contributed by atoms with Gasteiger partial charge in [-0.1, -0.05) is 0 Å². The molecule has 0 spiro atoms. The van der Waals surface area contributed by atoms with Crippen molar-refractivity contribution >= 4 is 11.1 Å². The van der Waals surface area contributed by atoms with Crippen molar-refractivity contribution in [3.05, 3.63) is 48.6 Å². The van der Waals surface area contributed by atoms with Gasteiger partial charge in [0.2, 0.25) is 5.71 Å². The maximum Gasteiger partial charge on any atom is 0.232 e. The topological polar surface area (TPSA) is 101 Å². The Balaban J connectivity index is 2.02. The minimum atomic E-state index is 0.0541. The van der Waals surface area contributed by atoms with Crippen LogP contribution in [0.15, 0.2) is 56.4 Å². The van der Waals surface area contributed by atoms with Crippen molar-refractivity contribution < 1.29 is 18.4 Å². The van der Waals surface area contributed by atoms with E-state index in [1.165, 1.54) is 0 Å². The van der Waals surface area contributed by atoms with Crippen LogP contribution in [0.4, 0.5) is 0 Å². The summed E-state index contributed by atoms with van der Waals surface area (Å²) < 4.78 is 18.5. The SMILES string of the molecule is N=c1c2c(-c3ccco3)c(-c3ccco3)oc2ncn1CCCO. The van der Waals surface area contributed by atoms with Crippen LogP contribution in [-0.2, 0) is 6.54 Å². The lowest BCUT2D eigenvalue weighted by molar-refractivity contribution is 0.278. The highest BCUT2D eigenvalue weighted by molar-refractivity contribution is 5.97. The van der Waals surface area contributed by atoms with E-state index in [0.29, 0.717) is 46.9 Å². The second kappa shape index (κ2) is 5.86. The number of rotatable bonds is 5. The highest BCUT2D eigenvalue weighted by Crippen LogP contribution is 2.38. The standard InChI is InChI=1S/C17H15N3O4/c18-16-14-13(11-4-1-8-22-11)15(12-5-2-9-23-12)24-17(14)19-10-20(16)6-3-7-21/h1-2,4-5,8-10,18,21H,3,6-7H2. The van der Waals surface area contributed by atoms with Gasteiger partial charge in [-0.05, 0) is 30.7 Å². The Morgan fingerprint density at radius 1 is 1.12 bits per heavy atom. The fourth-order valence-corrected chi connectivity index (χ4v) is 2.70. The smallest absolute Gasteiger partial charge is 0.232 e. The summed E-state index contributed by atoms with van der Waals surface area (Å²) in [5.74, 6) is 1.60. The molecule has 0 bridgehead atoms. The summed E-state index contributed by atoms with van der Waals surface area (Å²) in [6.45, 7) is 0.551. The van der Waals surface area contributed by atoms with Crippen molar-refractivity contribution in [3.63, 3.8) is 0 Å². The number of furan rings is 3. The molecule has 0 saturated carbocycles. The third-order valence-electron chi connectivity index (χ3n) is 3.80. The van der Waals surface area contributed by atoms with Gasteiger partial charge in [0.1, 0.15) is 17.6 Å². The molecule has 4 aromatic rings. The highest BCUT2D eigenvalue weighted by Gasteiger charge is 2.24. The molecule has 0 aliphatic rings. The van der Waals surface area contributed by atoms with E-state index in [1.807, 2.05) is 0 Å². The number of nitrogens with zero attached hydrogens (tertiary/aromatic N) is 2. The van der Waals surface area contributed by atoms with Crippen LogP contribution in [0.25, 0.3) is 33.9 Å². The average molecular weight is 325 g/mol. The normalized spacial score (nSPS) is 11.4. The molecular formula is C17H15N3O4. The second-order valence-corrected chi connectivity index (χ2v) is 5.30. The molecule has 0 fully saturated rings. The zero-order valence-electron chi connectivity index (χ0n) is 12.7. The van der Waals surface area contributed by atoms with Gasteiger partial charge in [-0.25, -0.2) is 4.98 Å². The molecule has 0 atom stereocenters. The van der Waals surface area contributed by atoms with E-state index < -0.39 is 0 Å². The predicted molar refractivity (Wildman–Crippen MR) is 85.0 cm³/mol. The van der Waals surface area contributed by atoms with Gasteiger partial charge in [-0.3, -0.25) is 5.41 Å². The predicted octanol–water partition coefficient (Wildman–Crippen LogP) is 3.01. The zero-order chi connectivity index (χ0) is 16.5. The highest BCUT2D eigenvalue weighted by atomic mass is 16.4. The number of aromatic nitrogens is 2. The number of aliphatic hydroxyl groups excluding tert-OH is 1. The van der Waals surface area contributed by atoms with Crippen LogP contribution in [0, 0.1) is 5.41 Å². The number of aliphatic hydroxyl groups is 1. The van der Waals surface area contributed by atoms with Crippen LogP contribution in [0.2, 0.25) is 0 Å². The van der Waals surface area contributed by atoms with Crippen LogP contribution in [0.3, 0.4) is 0 Å². The molecule has 0 aliphatic heterocycles. The molecule has 0 radical (unpaired) electrons. The molecule has 0 amide bonds. The van der Waals surface area contributed by atoms with E-state index in [0.717, 1.165) is 0 Å². The minimum Gasteiger partial charge on any atom is -0.464 e. The van der Waals surface area contributed by atoms with Gasteiger partial charge >= 0.3 is 0 Å². The van der Waals surface area contributed by atoms with Gasteiger partial charge < -0.3 is 22.9 Å². The summed E-state index contributed by atoms with van der Waals surface area (Å²) in [4.78, 5) is 4.31. The first-order valence-corrected chi connectivity index (χ1v) is 7.54. The number of fused-ring (bicyclic) bond motifs is 1. The van der Waals surface area contributed by atoms with Crippen molar-refractivity contribution in [2.75, 3.05) is 6.61 Å². The van der Waals surface area contributed by atoms with Crippen LogP contribution in [0.5, 0.6) is 0 Å². The minimum absolute atomic E-state index is 0.0541. The first-order chi connectivity index (χ1) is 11.8. The molecule has 0 saturated heterocycles. The number of hydrogen-bond acceptors (Lipinski definition) is 6. The number of hydrogen-bond donors (Lipinski definition) is 2. The van der Waals surface area contributed by atoms with E-state index in [9.17, 15) is 0 Å². The molecular weight excluding hydrogens is 310 g/mol. The number of nitrogens with one attached hydrogen (secondary N) is 1. The van der Waals surface area contributed by atoms with E-state index in [1.54, 1.807) is 47.7 Å². The van der Waals surface area contributed by atoms with Gasteiger partial charge in [0.15, 0.2) is 11.5 Å². The Bertz CT molecular complexity index is 1010. The van der Waals surface area contributed by atoms with E-state index in [2.05, 4.69) is 4.98 Å². The average Bonchev–Trinajstić information content (AvgIpc) is 3.32. The van der Waals surface area contributed by atoms with Crippen LogP contribution in [0.1, 0.15) is 6.42 Å². The Labute approximate surface area is 136 Å². The quantitative estimate of drug-likeness (QED) is 0.587. The molecule has 24 heavy (non-hydrogen) atoms. The lowest BCUT2D eigenvalue weighted by Gasteiger charge is -2.05. The van der Waals surface area contributed by atoms with Crippen molar-refractivity contribution in [1.29, 1.82) is 5.41 Å². The van der Waals surface area contributed by atoms with Gasteiger partial charge in [0.05, 0.1) is 23.5 Å². The maximum absolute atomic E-state index is 9.02. The Hall–Kier alpha value is -3.06. The Morgan fingerprint density at radius 2 is 1.88 bits per heavy atom. The third kappa shape index (κ3) is 2.26. The third-order valence-corrected chi connectivity index (χ3v) is 3.80. The van der Waals surface area contributed by atoms with Gasteiger partial charge in [0.25, 0.3) is 0 Å². The molecule has 0 aromatic carbocycles. The monoisotopic (exact) mass is 325 g/mol. The summed E-state index contributed by atoms with van der Waals surface area (Å²) >= 11 is 0. The fourth-order valence-electron chi connectivity index (χ4n) is 2.70. The molecule has 4 aromatic heterocycles. The van der Waals surface area contributed by atoms with E-state index in [4.69, 9.17) is 23.8 Å². The van der Waals surface area contributed by atoms with E-state index >= 15 is 0 Å². The molecule has 4 heterocycles.